The van der Waals surface area contributed by atoms with E-state index in [1.165, 1.54) is 26.2 Å². The summed E-state index contributed by atoms with van der Waals surface area (Å²) in [5.74, 6) is 0.810. The first-order chi connectivity index (χ1) is 12.7. The molecule has 0 spiro atoms. The number of ether oxygens (including phenoxy) is 1. The molecule has 0 bridgehead atoms. The number of nitrogens with one attached hydrogen (secondary N) is 1. The van der Waals surface area contributed by atoms with E-state index in [-0.39, 0.29) is 10.8 Å². The van der Waals surface area contributed by atoms with Gasteiger partial charge >= 0.3 is 0 Å². The Labute approximate surface area is 161 Å². The third-order valence-corrected chi connectivity index (χ3v) is 5.87. The van der Waals surface area contributed by atoms with Crippen molar-refractivity contribution in [3.05, 3.63) is 59.7 Å². The van der Waals surface area contributed by atoms with Crippen molar-refractivity contribution in [1.29, 1.82) is 0 Å². The molecule has 0 fully saturated rings. The minimum atomic E-state index is -3.58. The van der Waals surface area contributed by atoms with E-state index in [9.17, 15) is 13.2 Å². The number of carbonyl (C=O) groups excluding carboxylic acids is 1. The third-order valence-electron chi connectivity index (χ3n) is 4.06. The Kier molecular flexibility index (Phi) is 6.98. The van der Waals surface area contributed by atoms with Crippen LogP contribution >= 0.6 is 0 Å². The summed E-state index contributed by atoms with van der Waals surface area (Å²) >= 11 is 0. The smallest absolute Gasteiger partial charge is 0.251 e. The Morgan fingerprint density at radius 3 is 2.48 bits per heavy atom. The average molecular weight is 391 g/mol. The number of nitrogens with zero attached hydrogens (tertiary/aromatic N) is 1. The molecule has 7 heteroatoms. The molecule has 6 nitrogen and oxygen atoms in total. The van der Waals surface area contributed by atoms with Crippen molar-refractivity contribution < 1.29 is 17.9 Å². The van der Waals surface area contributed by atoms with Crippen molar-refractivity contribution in [2.75, 3.05) is 27.2 Å². The second-order valence-corrected chi connectivity index (χ2v) is 8.76. The summed E-state index contributed by atoms with van der Waals surface area (Å²) in [6.45, 7) is 4.83. The molecule has 0 radical (unpaired) electrons. The van der Waals surface area contributed by atoms with Crippen LogP contribution in [-0.4, -0.2) is 45.9 Å². The number of hydrogen-bond donors (Lipinski definition) is 1. The summed E-state index contributed by atoms with van der Waals surface area (Å²) in [6, 6.07) is 13.8. The number of sulfonamides is 1. The van der Waals surface area contributed by atoms with Gasteiger partial charge in [0, 0.05) is 19.7 Å². The molecule has 2 aromatic carbocycles. The van der Waals surface area contributed by atoms with Crippen LogP contribution in [0.3, 0.4) is 0 Å². The molecule has 0 heterocycles. The maximum atomic E-state index is 12.3. The van der Waals surface area contributed by atoms with Gasteiger partial charge in [0.25, 0.3) is 5.91 Å². The lowest BCUT2D eigenvalue weighted by atomic mass is 10.0. The standard InChI is InChI=1S/C20H26N2O4S/c1-15(2)18-10-5-6-11-19(18)26-13-12-21-20(23)16-8-7-9-17(14-16)27(24,25)22(3)4/h5-11,14-15H,12-13H2,1-4H3,(H,21,23). The number of rotatable bonds is 8. The highest BCUT2D eigenvalue weighted by atomic mass is 32.2. The molecule has 2 aromatic rings. The van der Waals surface area contributed by atoms with Gasteiger partial charge in [0.2, 0.25) is 10.0 Å². The first-order valence-corrected chi connectivity index (χ1v) is 10.2. The van der Waals surface area contributed by atoms with Crippen molar-refractivity contribution in [2.45, 2.75) is 24.7 Å². The molecular weight excluding hydrogens is 364 g/mol. The number of para-hydroxylation sites is 1. The monoisotopic (exact) mass is 390 g/mol. The molecular formula is C20H26N2O4S. The van der Waals surface area contributed by atoms with Gasteiger partial charge in [0.05, 0.1) is 11.4 Å². The lowest BCUT2D eigenvalue weighted by Crippen LogP contribution is -2.28. The number of carbonyl (C=O) groups is 1. The molecule has 1 amide bonds. The summed E-state index contributed by atoms with van der Waals surface area (Å²) in [7, 11) is -0.673. The molecule has 0 saturated carbocycles. The number of hydrogen-bond acceptors (Lipinski definition) is 4. The Hall–Kier alpha value is -2.38. The highest BCUT2D eigenvalue weighted by Gasteiger charge is 2.18. The van der Waals surface area contributed by atoms with Gasteiger partial charge in [-0.05, 0) is 35.7 Å². The highest BCUT2D eigenvalue weighted by molar-refractivity contribution is 7.89. The van der Waals surface area contributed by atoms with Crippen molar-refractivity contribution in [3.8, 4) is 5.75 Å². The molecule has 2 rings (SSSR count). The van der Waals surface area contributed by atoms with Gasteiger partial charge in [-0.1, -0.05) is 38.1 Å². The van der Waals surface area contributed by atoms with Crippen LogP contribution in [0.5, 0.6) is 5.75 Å². The fourth-order valence-corrected chi connectivity index (χ4v) is 3.47. The molecule has 0 atom stereocenters. The Morgan fingerprint density at radius 1 is 1.11 bits per heavy atom. The summed E-state index contributed by atoms with van der Waals surface area (Å²) < 4.78 is 31.3. The molecule has 0 unspecified atom stereocenters. The normalized spacial score (nSPS) is 11.6. The average Bonchev–Trinajstić information content (AvgIpc) is 2.65. The van der Waals surface area contributed by atoms with E-state index < -0.39 is 10.0 Å². The molecule has 146 valence electrons. The van der Waals surface area contributed by atoms with Crippen LogP contribution in [0.4, 0.5) is 0 Å². The van der Waals surface area contributed by atoms with Crippen LogP contribution in [0, 0.1) is 0 Å². The predicted molar refractivity (Wildman–Crippen MR) is 106 cm³/mol. The van der Waals surface area contributed by atoms with Crippen LogP contribution in [0.15, 0.2) is 53.4 Å². The van der Waals surface area contributed by atoms with Gasteiger partial charge in [-0.15, -0.1) is 0 Å². The minimum absolute atomic E-state index is 0.0854. The van der Waals surface area contributed by atoms with E-state index in [2.05, 4.69) is 19.2 Å². The van der Waals surface area contributed by atoms with Gasteiger partial charge in [0.1, 0.15) is 12.4 Å². The van der Waals surface area contributed by atoms with E-state index in [4.69, 9.17) is 4.74 Å². The van der Waals surface area contributed by atoms with E-state index >= 15 is 0 Å². The van der Waals surface area contributed by atoms with Crippen LogP contribution < -0.4 is 10.1 Å². The van der Waals surface area contributed by atoms with E-state index in [0.717, 1.165) is 15.6 Å². The lowest BCUT2D eigenvalue weighted by Gasteiger charge is -2.14. The SMILES string of the molecule is CC(C)c1ccccc1OCCNC(=O)c1cccc(S(=O)(=O)N(C)C)c1. The number of amides is 1. The summed E-state index contributed by atoms with van der Waals surface area (Å²) in [6.07, 6.45) is 0. The largest absolute Gasteiger partial charge is 0.491 e. The topological polar surface area (TPSA) is 75.7 Å². The fourth-order valence-electron chi connectivity index (χ4n) is 2.53. The molecule has 0 aliphatic heterocycles. The van der Waals surface area contributed by atoms with Crippen LogP contribution in [0.2, 0.25) is 0 Å². The van der Waals surface area contributed by atoms with Gasteiger partial charge in [-0.25, -0.2) is 12.7 Å². The maximum absolute atomic E-state index is 12.3. The van der Waals surface area contributed by atoms with Gasteiger partial charge in [-0.3, -0.25) is 4.79 Å². The highest BCUT2D eigenvalue weighted by Crippen LogP contribution is 2.25. The van der Waals surface area contributed by atoms with Gasteiger partial charge in [-0.2, -0.15) is 0 Å². The van der Waals surface area contributed by atoms with Gasteiger partial charge < -0.3 is 10.1 Å². The first-order valence-electron chi connectivity index (χ1n) is 8.76. The van der Waals surface area contributed by atoms with Crippen molar-refractivity contribution >= 4 is 15.9 Å². The Morgan fingerprint density at radius 2 is 1.81 bits per heavy atom. The van der Waals surface area contributed by atoms with Crippen molar-refractivity contribution in [2.24, 2.45) is 0 Å². The lowest BCUT2D eigenvalue weighted by molar-refractivity contribution is 0.0946. The van der Waals surface area contributed by atoms with Crippen LogP contribution in [0.1, 0.15) is 35.7 Å². The first kappa shape index (κ1) is 20.9. The molecule has 0 saturated heterocycles. The zero-order valence-electron chi connectivity index (χ0n) is 16.1. The second-order valence-electron chi connectivity index (χ2n) is 6.61. The Bertz CT molecular complexity index is 892. The summed E-state index contributed by atoms with van der Waals surface area (Å²) in [5, 5.41) is 2.75. The summed E-state index contributed by atoms with van der Waals surface area (Å²) in [5.41, 5.74) is 1.41. The third kappa shape index (κ3) is 5.30. The fraction of sp³-hybridized carbons (Fsp3) is 0.350. The quantitative estimate of drug-likeness (QED) is 0.703. The molecule has 0 aromatic heterocycles. The number of benzene rings is 2. The molecule has 1 N–H and O–H groups in total. The zero-order chi connectivity index (χ0) is 20.0. The molecule has 27 heavy (non-hydrogen) atoms. The van der Waals surface area contributed by atoms with E-state index in [0.29, 0.717) is 24.6 Å². The Balaban J connectivity index is 1.96. The van der Waals surface area contributed by atoms with E-state index in [1.807, 2.05) is 24.3 Å². The second kappa shape index (κ2) is 9.01. The van der Waals surface area contributed by atoms with Crippen molar-refractivity contribution in [3.63, 3.8) is 0 Å². The zero-order valence-corrected chi connectivity index (χ0v) is 16.9. The van der Waals surface area contributed by atoms with Crippen LogP contribution in [-0.2, 0) is 10.0 Å². The van der Waals surface area contributed by atoms with E-state index in [1.54, 1.807) is 12.1 Å². The minimum Gasteiger partial charge on any atom is -0.491 e. The molecule has 0 aliphatic carbocycles. The summed E-state index contributed by atoms with van der Waals surface area (Å²) in [4.78, 5) is 12.4. The predicted octanol–water partition coefficient (Wildman–Crippen LogP) is 2.87. The molecule has 0 aliphatic rings. The van der Waals surface area contributed by atoms with Crippen molar-refractivity contribution in [1.82, 2.24) is 9.62 Å². The van der Waals surface area contributed by atoms with Gasteiger partial charge in [0.15, 0.2) is 0 Å². The van der Waals surface area contributed by atoms with Crippen LogP contribution in [0.25, 0.3) is 0 Å². The maximum Gasteiger partial charge on any atom is 0.251 e.